The number of aromatic hydroxyl groups is 1. The second kappa shape index (κ2) is 6.27. The van der Waals surface area contributed by atoms with Crippen LogP contribution in [0.1, 0.15) is 5.56 Å². The van der Waals surface area contributed by atoms with Crippen LogP contribution in [0, 0.1) is 0 Å². The van der Waals surface area contributed by atoms with Crippen molar-refractivity contribution in [2.75, 3.05) is 0 Å². The van der Waals surface area contributed by atoms with E-state index in [4.69, 9.17) is 0 Å². The van der Waals surface area contributed by atoms with E-state index in [1.807, 2.05) is 0 Å². The summed E-state index contributed by atoms with van der Waals surface area (Å²) in [6.07, 6.45) is -4.50. The predicted molar refractivity (Wildman–Crippen MR) is 84.1 cm³/mol. The standard InChI is InChI=1S/C16H11F3N4O2/c17-16(18,19)9-4-3-5-10(8-9)20-22-14-13(21-23-15(14)25)11-6-1-2-7-12(11)24/h1-8,24H,(H2,21,23,25). The predicted octanol–water partition coefficient (Wildman–Crippen LogP) is 4.51. The van der Waals surface area contributed by atoms with E-state index >= 15 is 0 Å². The van der Waals surface area contributed by atoms with Crippen molar-refractivity contribution in [2.24, 2.45) is 10.2 Å². The van der Waals surface area contributed by atoms with Crippen molar-refractivity contribution in [3.05, 3.63) is 64.4 Å². The molecule has 0 aliphatic heterocycles. The summed E-state index contributed by atoms with van der Waals surface area (Å²) < 4.78 is 38.1. The number of nitrogens with zero attached hydrogens (tertiary/aromatic N) is 2. The van der Waals surface area contributed by atoms with Crippen LogP contribution in [0.25, 0.3) is 11.3 Å². The molecule has 0 saturated carbocycles. The number of alkyl halides is 3. The highest BCUT2D eigenvalue weighted by Gasteiger charge is 2.30. The first kappa shape index (κ1) is 16.5. The van der Waals surface area contributed by atoms with Gasteiger partial charge in [-0.1, -0.05) is 18.2 Å². The normalized spacial score (nSPS) is 12.0. The first-order chi connectivity index (χ1) is 11.9. The van der Waals surface area contributed by atoms with E-state index in [0.717, 1.165) is 12.1 Å². The lowest BCUT2D eigenvalue weighted by molar-refractivity contribution is -0.137. The minimum Gasteiger partial charge on any atom is -0.507 e. The third kappa shape index (κ3) is 3.44. The number of halogens is 3. The number of nitrogens with one attached hydrogen (secondary N) is 2. The highest BCUT2D eigenvalue weighted by Crippen LogP contribution is 2.34. The Kier molecular flexibility index (Phi) is 4.14. The number of azo groups is 1. The first-order valence-electron chi connectivity index (χ1n) is 7.04. The minimum absolute atomic E-state index is 0.0568. The quantitative estimate of drug-likeness (QED) is 0.608. The summed E-state index contributed by atoms with van der Waals surface area (Å²) in [6, 6.07) is 10.5. The smallest absolute Gasteiger partial charge is 0.416 e. The lowest BCUT2D eigenvalue weighted by atomic mass is 10.1. The van der Waals surface area contributed by atoms with Gasteiger partial charge in [0, 0.05) is 5.56 Å². The minimum atomic E-state index is -4.50. The number of rotatable bonds is 3. The van der Waals surface area contributed by atoms with E-state index in [1.54, 1.807) is 18.2 Å². The zero-order valence-electron chi connectivity index (χ0n) is 12.5. The number of phenolic OH excluding ortho intramolecular Hbond substituents is 1. The molecule has 0 spiro atoms. The van der Waals surface area contributed by atoms with Crippen molar-refractivity contribution in [2.45, 2.75) is 6.18 Å². The average Bonchev–Trinajstić information content (AvgIpc) is 2.93. The average molecular weight is 348 g/mol. The number of phenols is 1. The fourth-order valence-electron chi connectivity index (χ4n) is 2.18. The lowest BCUT2D eigenvalue weighted by Gasteiger charge is -2.06. The highest BCUT2D eigenvalue weighted by molar-refractivity contribution is 5.75. The molecule has 0 amide bonds. The number of benzene rings is 2. The Labute approximate surface area is 138 Å². The van der Waals surface area contributed by atoms with Gasteiger partial charge in [0.25, 0.3) is 5.56 Å². The van der Waals surface area contributed by atoms with Gasteiger partial charge >= 0.3 is 6.18 Å². The van der Waals surface area contributed by atoms with Crippen LogP contribution in [0.3, 0.4) is 0 Å². The van der Waals surface area contributed by atoms with Crippen LogP contribution in [0.4, 0.5) is 24.5 Å². The molecular weight excluding hydrogens is 337 g/mol. The topological polar surface area (TPSA) is 93.6 Å². The zero-order chi connectivity index (χ0) is 18.0. The molecule has 0 fully saturated rings. The number of hydrogen-bond acceptors (Lipinski definition) is 4. The summed E-state index contributed by atoms with van der Waals surface area (Å²) >= 11 is 0. The molecule has 6 nitrogen and oxygen atoms in total. The Morgan fingerprint density at radius 1 is 0.960 bits per heavy atom. The Balaban J connectivity index is 2.00. The molecule has 3 aromatic rings. The van der Waals surface area contributed by atoms with E-state index in [9.17, 15) is 23.1 Å². The zero-order valence-corrected chi connectivity index (χ0v) is 12.5. The van der Waals surface area contributed by atoms with Crippen LogP contribution in [-0.4, -0.2) is 15.3 Å². The van der Waals surface area contributed by atoms with Crippen molar-refractivity contribution in [1.82, 2.24) is 10.2 Å². The summed E-state index contributed by atoms with van der Waals surface area (Å²) in [4.78, 5) is 11.9. The van der Waals surface area contributed by atoms with Crippen LogP contribution in [-0.2, 0) is 6.18 Å². The van der Waals surface area contributed by atoms with Gasteiger partial charge in [-0.15, -0.1) is 5.11 Å². The molecule has 0 aliphatic carbocycles. The van der Waals surface area contributed by atoms with Gasteiger partial charge in [-0.3, -0.25) is 15.0 Å². The molecule has 3 N–H and O–H groups in total. The number of para-hydroxylation sites is 1. The third-order valence-corrected chi connectivity index (χ3v) is 3.37. The fourth-order valence-corrected chi connectivity index (χ4v) is 2.18. The van der Waals surface area contributed by atoms with Crippen molar-refractivity contribution < 1.29 is 18.3 Å². The van der Waals surface area contributed by atoms with Gasteiger partial charge in [-0.05, 0) is 30.3 Å². The second-order valence-electron chi connectivity index (χ2n) is 5.07. The van der Waals surface area contributed by atoms with Gasteiger partial charge < -0.3 is 5.11 Å². The summed E-state index contributed by atoms with van der Waals surface area (Å²) in [5.74, 6) is -0.0896. The van der Waals surface area contributed by atoms with E-state index in [1.165, 1.54) is 18.2 Å². The monoisotopic (exact) mass is 348 g/mol. The van der Waals surface area contributed by atoms with Gasteiger partial charge in [0.2, 0.25) is 0 Å². The van der Waals surface area contributed by atoms with E-state index < -0.39 is 17.3 Å². The van der Waals surface area contributed by atoms with Gasteiger partial charge in [0.05, 0.1) is 16.9 Å². The van der Waals surface area contributed by atoms with E-state index in [0.29, 0.717) is 5.56 Å². The molecule has 0 aliphatic rings. The van der Waals surface area contributed by atoms with Crippen LogP contribution in [0.5, 0.6) is 5.75 Å². The SMILES string of the molecule is O=c1[nH][nH]c(-c2ccccc2O)c1N=Nc1cccc(C(F)(F)F)c1. The molecule has 128 valence electrons. The van der Waals surface area contributed by atoms with Crippen molar-refractivity contribution in [1.29, 1.82) is 0 Å². The molecule has 2 aromatic carbocycles. The van der Waals surface area contributed by atoms with E-state index in [-0.39, 0.29) is 22.8 Å². The lowest BCUT2D eigenvalue weighted by Crippen LogP contribution is -2.03. The van der Waals surface area contributed by atoms with Gasteiger partial charge in [-0.2, -0.15) is 18.3 Å². The van der Waals surface area contributed by atoms with Crippen molar-refractivity contribution in [3.63, 3.8) is 0 Å². The molecule has 0 unspecified atom stereocenters. The molecule has 9 heteroatoms. The number of aromatic amines is 2. The highest BCUT2D eigenvalue weighted by atomic mass is 19.4. The van der Waals surface area contributed by atoms with Crippen molar-refractivity contribution >= 4 is 11.4 Å². The molecule has 0 atom stereocenters. The Morgan fingerprint density at radius 3 is 2.44 bits per heavy atom. The number of H-pyrrole nitrogens is 2. The molecule has 0 saturated heterocycles. The first-order valence-corrected chi connectivity index (χ1v) is 7.04. The van der Waals surface area contributed by atoms with Gasteiger partial charge in [-0.25, -0.2) is 0 Å². The molecule has 0 radical (unpaired) electrons. The van der Waals surface area contributed by atoms with Crippen LogP contribution >= 0.6 is 0 Å². The second-order valence-corrected chi connectivity index (χ2v) is 5.07. The third-order valence-electron chi connectivity index (χ3n) is 3.37. The molecular formula is C16H11F3N4O2. The summed E-state index contributed by atoms with van der Waals surface area (Å²) in [5.41, 5.74) is -1.21. The van der Waals surface area contributed by atoms with Crippen molar-refractivity contribution in [3.8, 4) is 17.0 Å². The van der Waals surface area contributed by atoms with E-state index in [2.05, 4.69) is 20.4 Å². The number of hydrogen-bond donors (Lipinski definition) is 3. The Bertz CT molecular complexity index is 989. The molecule has 1 heterocycles. The largest absolute Gasteiger partial charge is 0.507 e. The maximum Gasteiger partial charge on any atom is 0.416 e. The maximum absolute atomic E-state index is 12.7. The summed E-state index contributed by atoms with van der Waals surface area (Å²) in [5, 5.41) is 22.2. The molecule has 3 rings (SSSR count). The molecule has 0 bridgehead atoms. The van der Waals surface area contributed by atoms with Gasteiger partial charge in [0.1, 0.15) is 5.75 Å². The summed E-state index contributed by atoms with van der Waals surface area (Å²) in [7, 11) is 0. The molecule has 1 aromatic heterocycles. The van der Waals surface area contributed by atoms with Gasteiger partial charge in [0.15, 0.2) is 5.69 Å². The van der Waals surface area contributed by atoms with Crippen LogP contribution in [0.2, 0.25) is 0 Å². The summed E-state index contributed by atoms with van der Waals surface area (Å²) in [6.45, 7) is 0. The number of aromatic nitrogens is 2. The molecule has 25 heavy (non-hydrogen) atoms. The maximum atomic E-state index is 12.7. The van der Waals surface area contributed by atoms with Crippen LogP contribution in [0.15, 0.2) is 63.6 Å². The van der Waals surface area contributed by atoms with Crippen LogP contribution < -0.4 is 5.56 Å². The fraction of sp³-hybridized carbons (Fsp3) is 0.0625. The Hall–Kier alpha value is -3.36. The Morgan fingerprint density at radius 2 is 1.72 bits per heavy atom.